The van der Waals surface area contributed by atoms with Crippen molar-refractivity contribution in [1.29, 1.82) is 0 Å². The first kappa shape index (κ1) is 18.5. The summed E-state index contributed by atoms with van der Waals surface area (Å²) in [6.45, 7) is 2.22. The van der Waals surface area contributed by atoms with Crippen molar-refractivity contribution in [1.82, 2.24) is 4.90 Å². The third-order valence-electron chi connectivity index (χ3n) is 4.05. The maximum atomic E-state index is 12.8. The van der Waals surface area contributed by atoms with Crippen molar-refractivity contribution in [3.8, 4) is 0 Å². The van der Waals surface area contributed by atoms with Gasteiger partial charge in [-0.15, -0.1) is 12.4 Å². The maximum absolute atomic E-state index is 12.8. The summed E-state index contributed by atoms with van der Waals surface area (Å²) < 4.78 is 11.0. The SMILES string of the molecule is Cl.NCc1cc(C(=O)N(Cc2ccccc2)CC2CCCO2)co1. The van der Waals surface area contributed by atoms with E-state index in [1.165, 1.54) is 6.26 Å². The number of halogens is 1. The second-order valence-electron chi connectivity index (χ2n) is 5.81. The van der Waals surface area contributed by atoms with Gasteiger partial charge >= 0.3 is 0 Å². The minimum atomic E-state index is -0.0483. The normalized spacial score (nSPS) is 16.6. The van der Waals surface area contributed by atoms with E-state index in [0.717, 1.165) is 25.0 Å². The number of hydrogen-bond acceptors (Lipinski definition) is 4. The van der Waals surface area contributed by atoms with Gasteiger partial charge in [0.2, 0.25) is 0 Å². The second kappa shape index (κ2) is 8.87. The van der Waals surface area contributed by atoms with E-state index >= 15 is 0 Å². The number of carbonyl (C=O) groups excluding carboxylic acids is 1. The first-order chi connectivity index (χ1) is 11.3. The summed E-state index contributed by atoms with van der Waals surface area (Å²) in [5.41, 5.74) is 7.20. The number of ether oxygens (including phenoxy) is 1. The van der Waals surface area contributed by atoms with E-state index < -0.39 is 0 Å². The van der Waals surface area contributed by atoms with Crippen LogP contribution in [0, 0.1) is 0 Å². The number of nitrogens with zero attached hydrogens (tertiary/aromatic N) is 1. The molecule has 1 aromatic heterocycles. The standard InChI is InChI=1S/C18H22N2O3.ClH/c19-10-17-9-15(13-23-17)18(21)20(12-16-7-4-8-22-16)11-14-5-2-1-3-6-14;/h1-3,5-6,9,13,16H,4,7-8,10-12,19H2;1H. The van der Waals surface area contributed by atoms with Gasteiger partial charge in [0, 0.05) is 19.7 Å². The Bertz CT molecular complexity index is 639. The molecule has 2 N–H and O–H groups in total. The van der Waals surface area contributed by atoms with Crippen molar-refractivity contribution in [3.63, 3.8) is 0 Å². The first-order valence-electron chi connectivity index (χ1n) is 7.98. The number of benzene rings is 1. The lowest BCUT2D eigenvalue weighted by molar-refractivity contribution is 0.0506. The molecular weight excluding hydrogens is 328 g/mol. The molecule has 1 amide bonds. The molecule has 2 heterocycles. The zero-order chi connectivity index (χ0) is 16.1. The molecule has 1 aromatic carbocycles. The van der Waals surface area contributed by atoms with Gasteiger partial charge in [-0.2, -0.15) is 0 Å². The van der Waals surface area contributed by atoms with Crippen LogP contribution in [-0.4, -0.2) is 30.1 Å². The van der Waals surface area contributed by atoms with Gasteiger partial charge in [-0.05, 0) is 24.5 Å². The minimum Gasteiger partial charge on any atom is -0.467 e. The van der Waals surface area contributed by atoms with Crippen LogP contribution < -0.4 is 5.73 Å². The highest BCUT2D eigenvalue weighted by atomic mass is 35.5. The van der Waals surface area contributed by atoms with Crippen LogP contribution in [0.3, 0.4) is 0 Å². The third kappa shape index (κ3) is 4.60. The molecule has 0 aliphatic carbocycles. The monoisotopic (exact) mass is 350 g/mol. The van der Waals surface area contributed by atoms with Crippen LogP contribution in [0.4, 0.5) is 0 Å². The van der Waals surface area contributed by atoms with Crippen LogP contribution in [0.5, 0.6) is 0 Å². The molecule has 0 saturated carbocycles. The summed E-state index contributed by atoms with van der Waals surface area (Å²) in [6, 6.07) is 11.7. The summed E-state index contributed by atoms with van der Waals surface area (Å²) in [7, 11) is 0. The highest BCUT2D eigenvalue weighted by Gasteiger charge is 2.24. The Hall–Kier alpha value is -1.82. The molecule has 0 spiro atoms. The topological polar surface area (TPSA) is 68.7 Å². The Morgan fingerprint density at radius 1 is 1.29 bits per heavy atom. The van der Waals surface area contributed by atoms with Crippen molar-refractivity contribution in [2.24, 2.45) is 5.73 Å². The maximum Gasteiger partial charge on any atom is 0.257 e. The van der Waals surface area contributed by atoms with Crippen LogP contribution in [0.1, 0.15) is 34.5 Å². The van der Waals surface area contributed by atoms with Gasteiger partial charge in [-0.25, -0.2) is 0 Å². The predicted molar refractivity (Wildman–Crippen MR) is 94.0 cm³/mol. The number of amides is 1. The molecule has 130 valence electrons. The van der Waals surface area contributed by atoms with E-state index in [2.05, 4.69) is 0 Å². The van der Waals surface area contributed by atoms with Gasteiger partial charge in [-0.1, -0.05) is 30.3 Å². The van der Waals surface area contributed by atoms with Crippen molar-refractivity contribution in [2.45, 2.75) is 32.0 Å². The van der Waals surface area contributed by atoms with Crippen LogP contribution in [-0.2, 0) is 17.8 Å². The lowest BCUT2D eigenvalue weighted by Gasteiger charge is -2.25. The van der Waals surface area contributed by atoms with E-state index in [-0.39, 0.29) is 31.0 Å². The van der Waals surface area contributed by atoms with Crippen molar-refractivity contribution in [2.75, 3.05) is 13.2 Å². The summed E-state index contributed by atoms with van der Waals surface area (Å²) in [5.74, 6) is 0.568. The quantitative estimate of drug-likeness (QED) is 0.869. The molecule has 2 aromatic rings. The number of rotatable bonds is 6. The molecule has 1 aliphatic heterocycles. The number of nitrogens with two attached hydrogens (primary N) is 1. The van der Waals surface area contributed by atoms with E-state index in [1.54, 1.807) is 6.07 Å². The van der Waals surface area contributed by atoms with Gasteiger partial charge in [0.25, 0.3) is 5.91 Å². The van der Waals surface area contributed by atoms with Gasteiger partial charge in [0.05, 0.1) is 18.2 Å². The lowest BCUT2D eigenvalue weighted by Crippen LogP contribution is -2.36. The summed E-state index contributed by atoms with van der Waals surface area (Å²) in [5, 5.41) is 0. The average molecular weight is 351 g/mol. The molecule has 1 aliphatic rings. The van der Waals surface area contributed by atoms with E-state index in [1.807, 2.05) is 35.2 Å². The molecule has 0 bridgehead atoms. The average Bonchev–Trinajstić information content (AvgIpc) is 3.26. The Labute approximate surface area is 148 Å². The third-order valence-corrected chi connectivity index (χ3v) is 4.05. The van der Waals surface area contributed by atoms with E-state index in [4.69, 9.17) is 14.9 Å². The minimum absolute atomic E-state index is 0. The number of hydrogen-bond donors (Lipinski definition) is 1. The highest BCUT2D eigenvalue weighted by molar-refractivity contribution is 5.94. The summed E-state index contributed by atoms with van der Waals surface area (Å²) in [4.78, 5) is 14.7. The summed E-state index contributed by atoms with van der Waals surface area (Å²) in [6.07, 6.45) is 3.65. The molecule has 3 rings (SSSR count). The smallest absolute Gasteiger partial charge is 0.257 e. The molecule has 6 heteroatoms. The first-order valence-corrected chi connectivity index (χ1v) is 7.98. The molecule has 0 radical (unpaired) electrons. The molecule has 24 heavy (non-hydrogen) atoms. The molecule has 1 unspecified atom stereocenters. The van der Waals surface area contributed by atoms with E-state index in [9.17, 15) is 4.79 Å². The molecule has 1 saturated heterocycles. The fourth-order valence-corrected chi connectivity index (χ4v) is 2.84. The predicted octanol–water partition coefficient (Wildman–Crippen LogP) is 2.98. The zero-order valence-corrected chi connectivity index (χ0v) is 14.3. The Morgan fingerprint density at radius 2 is 2.08 bits per heavy atom. The Kier molecular flexibility index (Phi) is 6.85. The van der Waals surface area contributed by atoms with Gasteiger partial charge in [0.15, 0.2) is 0 Å². The summed E-state index contributed by atoms with van der Waals surface area (Å²) >= 11 is 0. The van der Waals surface area contributed by atoms with Crippen molar-refractivity contribution < 1.29 is 13.9 Å². The fourth-order valence-electron chi connectivity index (χ4n) is 2.84. The van der Waals surface area contributed by atoms with Gasteiger partial charge < -0.3 is 19.8 Å². The van der Waals surface area contributed by atoms with E-state index in [0.29, 0.717) is 24.4 Å². The van der Waals surface area contributed by atoms with Crippen LogP contribution >= 0.6 is 12.4 Å². The van der Waals surface area contributed by atoms with Crippen LogP contribution in [0.15, 0.2) is 47.1 Å². The number of carbonyl (C=O) groups is 1. The Morgan fingerprint density at radius 3 is 2.71 bits per heavy atom. The van der Waals surface area contributed by atoms with Crippen molar-refractivity contribution in [3.05, 3.63) is 59.5 Å². The van der Waals surface area contributed by atoms with Gasteiger partial charge in [-0.3, -0.25) is 4.79 Å². The molecule has 1 atom stereocenters. The van der Waals surface area contributed by atoms with Gasteiger partial charge in [0.1, 0.15) is 12.0 Å². The molecule has 1 fully saturated rings. The second-order valence-corrected chi connectivity index (χ2v) is 5.81. The lowest BCUT2D eigenvalue weighted by atomic mass is 10.1. The molecular formula is C18H23ClN2O3. The fraction of sp³-hybridized carbons (Fsp3) is 0.389. The largest absolute Gasteiger partial charge is 0.467 e. The van der Waals surface area contributed by atoms with Crippen LogP contribution in [0.25, 0.3) is 0 Å². The molecule has 5 nitrogen and oxygen atoms in total. The van der Waals surface area contributed by atoms with Crippen molar-refractivity contribution >= 4 is 18.3 Å². The van der Waals surface area contributed by atoms with Crippen LogP contribution in [0.2, 0.25) is 0 Å². The number of furan rings is 1. The zero-order valence-electron chi connectivity index (χ0n) is 13.5. The Balaban J connectivity index is 0.00000208. The highest BCUT2D eigenvalue weighted by Crippen LogP contribution is 2.18.